The molecule has 1 fully saturated rings. The van der Waals surface area contributed by atoms with Crippen LogP contribution in [0, 0.1) is 17.8 Å². The van der Waals surface area contributed by atoms with E-state index >= 15 is 0 Å². The molecule has 2 aliphatic rings. The highest BCUT2D eigenvalue weighted by Gasteiger charge is 2.28. The molecule has 0 nitrogen and oxygen atoms in total. The molecule has 2 aliphatic carbocycles. The van der Waals surface area contributed by atoms with Crippen molar-refractivity contribution in [1.82, 2.24) is 0 Å². The van der Waals surface area contributed by atoms with Gasteiger partial charge in [-0.05, 0) is 80.2 Å². The average Bonchev–Trinajstić information content (AvgIpc) is 2.68. The molecule has 0 amide bonds. The first-order valence-electron chi connectivity index (χ1n) is 11.0. The van der Waals surface area contributed by atoms with Gasteiger partial charge in [-0.15, -0.1) is 0 Å². The van der Waals surface area contributed by atoms with Crippen molar-refractivity contribution in [2.45, 2.75) is 90.9 Å². The molecule has 1 aromatic carbocycles. The lowest BCUT2D eigenvalue weighted by molar-refractivity contribution is 0.186. The molecule has 25 heavy (non-hydrogen) atoms. The van der Waals surface area contributed by atoms with Crippen LogP contribution in [0.3, 0.4) is 0 Å². The van der Waals surface area contributed by atoms with Crippen molar-refractivity contribution < 1.29 is 0 Å². The molecule has 0 aromatic heterocycles. The molecule has 0 aliphatic heterocycles. The van der Waals surface area contributed by atoms with Crippen molar-refractivity contribution in [3.63, 3.8) is 0 Å². The number of benzene rings is 1. The zero-order valence-corrected chi connectivity index (χ0v) is 16.6. The Labute approximate surface area is 156 Å². The number of hydrogen-bond donors (Lipinski definition) is 0. The van der Waals surface area contributed by atoms with E-state index in [0.29, 0.717) is 0 Å². The number of hydrogen-bond acceptors (Lipinski definition) is 0. The van der Waals surface area contributed by atoms with Crippen LogP contribution < -0.4 is 0 Å². The van der Waals surface area contributed by atoms with E-state index < -0.39 is 0 Å². The van der Waals surface area contributed by atoms with Gasteiger partial charge in [0, 0.05) is 0 Å². The topological polar surface area (TPSA) is 0 Å². The summed E-state index contributed by atoms with van der Waals surface area (Å²) in [5.74, 6) is 3.08. The molecule has 1 aromatic rings. The van der Waals surface area contributed by atoms with Crippen LogP contribution in [0.5, 0.6) is 0 Å². The summed E-state index contributed by atoms with van der Waals surface area (Å²) in [6, 6.07) is 9.27. The molecule has 0 bridgehead atoms. The first-order valence-corrected chi connectivity index (χ1v) is 11.0. The predicted molar refractivity (Wildman–Crippen MR) is 110 cm³/mol. The molecular weight excluding hydrogens is 300 g/mol. The van der Waals surface area contributed by atoms with Gasteiger partial charge in [0.1, 0.15) is 0 Å². The first kappa shape index (κ1) is 18.7. The minimum atomic E-state index is 0.996. The van der Waals surface area contributed by atoms with Crippen LogP contribution in [0.4, 0.5) is 0 Å². The summed E-state index contributed by atoms with van der Waals surface area (Å²) in [6.07, 6.45) is 19.4. The molecule has 0 heterocycles. The second-order valence-electron chi connectivity index (χ2n) is 8.64. The Kier molecular flexibility index (Phi) is 7.20. The molecule has 1 atom stereocenters. The lowest BCUT2D eigenvalue weighted by Crippen LogP contribution is -2.23. The van der Waals surface area contributed by atoms with Gasteiger partial charge in [0.05, 0.1) is 0 Å². The molecular formula is C25H38. The highest BCUT2D eigenvalue weighted by atomic mass is 14.3. The van der Waals surface area contributed by atoms with Gasteiger partial charge in [0.2, 0.25) is 0 Å². The molecule has 0 saturated heterocycles. The largest absolute Gasteiger partial charge is 0.0850 e. The van der Waals surface area contributed by atoms with Crippen LogP contribution in [0.15, 0.2) is 35.9 Å². The fraction of sp³-hybridized carbons (Fsp3) is 0.680. The maximum atomic E-state index is 2.62. The lowest BCUT2D eigenvalue weighted by atomic mass is 9.70. The molecule has 0 heteroatoms. The van der Waals surface area contributed by atoms with Gasteiger partial charge in [-0.3, -0.25) is 0 Å². The Bertz CT molecular complexity index is 528. The van der Waals surface area contributed by atoms with Crippen LogP contribution in [0.1, 0.15) is 89.2 Å². The van der Waals surface area contributed by atoms with Gasteiger partial charge in [-0.1, -0.05) is 75.4 Å². The van der Waals surface area contributed by atoms with Gasteiger partial charge in [-0.2, -0.15) is 0 Å². The normalized spacial score (nSPS) is 27.1. The maximum Gasteiger partial charge on any atom is -0.0241 e. The van der Waals surface area contributed by atoms with Crippen molar-refractivity contribution in [1.29, 1.82) is 0 Å². The standard InChI is InChI=1S/C25H38/c1-3-5-21-12-16-24(17-13-21)25-18-14-23(15-19-25)11-10-22-8-6-20(4-2)7-9-22/h6-9,14,21,24-25H,3-5,10-13,15-19H2,1-2H3/t21-,24-,25?. The monoisotopic (exact) mass is 338 g/mol. The molecule has 3 rings (SSSR count). The van der Waals surface area contributed by atoms with Crippen molar-refractivity contribution in [2.75, 3.05) is 0 Å². The quantitative estimate of drug-likeness (QED) is 0.451. The van der Waals surface area contributed by atoms with E-state index in [4.69, 9.17) is 0 Å². The molecule has 1 saturated carbocycles. The van der Waals surface area contributed by atoms with Crippen molar-refractivity contribution in [3.05, 3.63) is 47.0 Å². The predicted octanol–water partition coefficient (Wildman–Crippen LogP) is 7.51. The summed E-state index contributed by atoms with van der Waals surface area (Å²) < 4.78 is 0. The second kappa shape index (κ2) is 9.60. The molecule has 1 unspecified atom stereocenters. The third kappa shape index (κ3) is 5.47. The highest BCUT2D eigenvalue weighted by Crippen LogP contribution is 2.41. The fourth-order valence-corrected chi connectivity index (χ4v) is 5.17. The minimum Gasteiger partial charge on any atom is -0.0850 e. The molecule has 138 valence electrons. The van der Waals surface area contributed by atoms with Gasteiger partial charge in [0.15, 0.2) is 0 Å². The Balaban J connectivity index is 1.41. The fourth-order valence-electron chi connectivity index (χ4n) is 5.17. The summed E-state index contributed by atoms with van der Waals surface area (Å²) in [7, 11) is 0. The lowest BCUT2D eigenvalue weighted by Gasteiger charge is -2.35. The van der Waals surface area contributed by atoms with E-state index in [-0.39, 0.29) is 0 Å². The van der Waals surface area contributed by atoms with Crippen molar-refractivity contribution in [2.24, 2.45) is 17.8 Å². The summed E-state index contributed by atoms with van der Waals surface area (Å²) in [6.45, 7) is 4.58. The van der Waals surface area contributed by atoms with E-state index in [1.54, 1.807) is 5.57 Å². The smallest absolute Gasteiger partial charge is 0.0241 e. The maximum absolute atomic E-state index is 2.62. The van der Waals surface area contributed by atoms with E-state index in [0.717, 1.165) is 24.2 Å². The zero-order chi connectivity index (χ0) is 17.5. The number of allylic oxidation sites excluding steroid dienone is 2. The van der Waals surface area contributed by atoms with Gasteiger partial charge in [-0.25, -0.2) is 0 Å². The van der Waals surface area contributed by atoms with E-state index in [1.165, 1.54) is 81.8 Å². The zero-order valence-electron chi connectivity index (χ0n) is 16.6. The summed E-state index contributed by atoms with van der Waals surface area (Å²) >= 11 is 0. The van der Waals surface area contributed by atoms with Gasteiger partial charge < -0.3 is 0 Å². The van der Waals surface area contributed by atoms with Gasteiger partial charge in [0.25, 0.3) is 0 Å². The Hall–Kier alpha value is -1.04. The average molecular weight is 339 g/mol. The molecule has 0 N–H and O–H groups in total. The molecule has 0 spiro atoms. The molecule has 0 radical (unpaired) electrons. The van der Waals surface area contributed by atoms with E-state index in [1.807, 2.05) is 0 Å². The number of rotatable bonds is 7. The van der Waals surface area contributed by atoms with E-state index in [9.17, 15) is 0 Å². The summed E-state index contributed by atoms with van der Waals surface area (Å²) in [5.41, 5.74) is 4.70. The SMILES string of the molecule is CCC[C@H]1CC[C@H](C2CC=C(CCc3ccc(CC)cc3)CC2)CC1. The van der Waals surface area contributed by atoms with Crippen LogP contribution in [0.2, 0.25) is 0 Å². The van der Waals surface area contributed by atoms with Crippen LogP contribution in [-0.2, 0) is 12.8 Å². The van der Waals surface area contributed by atoms with Crippen molar-refractivity contribution >= 4 is 0 Å². The Morgan fingerprint density at radius 2 is 1.52 bits per heavy atom. The van der Waals surface area contributed by atoms with Gasteiger partial charge >= 0.3 is 0 Å². The minimum absolute atomic E-state index is 0.996. The Morgan fingerprint density at radius 1 is 0.800 bits per heavy atom. The summed E-state index contributed by atoms with van der Waals surface area (Å²) in [5, 5.41) is 0. The summed E-state index contributed by atoms with van der Waals surface area (Å²) in [4.78, 5) is 0. The van der Waals surface area contributed by atoms with Crippen LogP contribution in [-0.4, -0.2) is 0 Å². The van der Waals surface area contributed by atoms with Crippen LogP contribution in [0.25, 0.3) is 0 Å². The third-order valence-corrected chi connectivity index (χ3v) is 6.97. The Morgan fingerprint density at radius 3 is 2.12 bits per heavy atom. The first-order chi connectivity index (χ1) is 12.3. The number of aryl methyl sites for hydroxylation is 2. The highest BCUT2D eigenvalue weighted by molar-refractivity contribution is 5.23. The third-order valence-electron chi connectivity index (χ3n) is 6.97. The van der Waals surface area contributed by atoms with E-state index in [2.05, 4.69) is 44.2 Å². The van der Waals surface area contributed by atoms with Crippen molar-refractivity contribution in [3.8, 4) is 0 Å². The second-order valence-corrected chi connectivity index (χ2v) is 8.64. The van der Waals surface area contributed by atoms with Crippen LogP contribution >= 0.6 is 0 Å².